The largest absolute Gasteiger partial charge is 0.309 e. The molecule has 0 saturated heterocycles. The molecule has 12 aromatic carbocycles. The zero-order valence-corrected chi connectivity index (χ0v) is 45.7. The smallest absolute Gasteiger partial charge is 0.164 e. The average molecular weight is 1060 g/mol. The van der Waals surface area contributed by atoms with Crippen molar-refractivity contribution in [2.45, 2.75) is 13.8 Å². The zero-order valence-electron chi connectivity index (χ0n) is 45.7. The van der Waals surface area contributed by atoms with Gasteiger partial charge in [-0.2, -0.15) is 0 Å². The van der Waals surface area contributed by atoms with E-state index < -0.39 is 0 Å². The van der Waals surface area contributed by atoms with Crippen molar-refractivity contribution in [3.8, 4) is 84.6 Å². The van der Waals surface area contributed by atoms with Crippen LogP contribution in [-0.4, -0.2) is 28.7 Å². The number of para-hydroxylation sites is 5. The fourth-order valence-corrected chi connectivity index (χ4v) is 12.9. The third-order valence-electron chi connectivity index (χ3n) is 16.5. The van der Waals surface area contributed by atoms with E-state index in [9.17, 15) is 0 Å². The van der Waals surface area contributed by atoms with Crippen LogP contribution in [0.4, 0.5) is 0 Å². The molecule has 6 heteroatoms. The van der Waals surface area contributed by atoms with Crippen LogP contribution in [0.25, 0.3) is 150 Å². The Kier molecular flexibility index (Phi) is 11.2. The molecule has 6 nitrogen and oxygen atoms in total. The number of nitrogens with zero attached hydrogens (tertiary/aromatic N) is 6. The number of aryl methyl sites for hydroxylation is 2. The first kappa shape index (κ1) is 48.0. The first-order valence-corrected chi connectivity index (χ1v) is 28.3. The Morgan fingerprint density at radius 3 is 1.04 bits per heavy atom. The molecule has 0 fully saturated rings. The fourth-order valence-electron chi connectivity index (χ4n) is 12.9. The van der Waals surface area contributed by atoms with E-state index in [0.29, 0.717) is 17.5 Å². The number of hydrogen-bond acceptors (Lipinski definition) is 3. The van der Waals surface area contributed by atoms with E-state index >= 15 is 0 Å². The van der Waals surface area contributed by atoms with Crippen LogP contribution in [0, 0.1) is 13.8 Å². The Morgan fingerprint density at radius 2 is 0.590 bits per heavy atom. The molecule has 0 aliphatic heterocycles. The molecular weight excluding hydrogens is 1010 g/mol. The predicted octanol–water partition coefficient (Wildman–Crippen LogP) is 19.8. The minimum Gasteiger partial charge on any atom is -0.309 e. The molecular formula is C77H52N6. The standard InChI is InChI=1S/C77H52N6/c1-49-41-50(2)43-56(42-49)53-39-40-73-67(46-53)64-33-13-18-38-72(64)83(73)74-65(54-25-19-27-58(44-54)81-68-34-14-9-29-60(68)61-30-10-15-35-69(61)81)47-57(77-79-75(51-21-5-3-6-22-51)78-76(80-77)52-23-7-4-8-24-52)48-66(74)55-26-20-28-59(45-55)82-70-36-16-11-31-62(70)63-32-12-17-37-71(63)82/h3-48H,1-2H3. The Bertz CT molecular complexity index is 4870. The summed E-state index contributed by atoms with van der Waals surface area (Å²) in [6, 6.07) is 101. The third kappa shape index (κ3) is 8.06. The van der Waals surface area contributed by atoms with Crippen LogP contribution in [0.2, 0.25) is 0 Å². The number of aromatic nitrogens is 6. The second-order valence-electron chi connectivity index (χ2n) is 21.8. The Morgan fingerprint density at radius 1 is 0.229 bits per heavy atom. The van der Waals surface area contributed by atoms with Gasteiger partial charge in [0, 0.05) is 71.5 Å². The van der Waals surface area contributed by atoms with Crippen LogP contribution in [-0.2, 0) is 0 Å². The van der Waals surface area contributed by atoms with E-state index in [0.717, 1.165) is 89.1 Å². The van der Waals surface area contributed by atoms with Gasteiger partial charge in [-0.05, 0) is 115 Å². The highest BCUT2D eigenvalue weighted by molar-refractivity contribution is 6.13. The van der Waals surface area contributed by atoms with Crippen LogP contribution in [0.5, 0.6) is 0 Å². The molecule has 0 aliphatic carbocycles. The number of rotatable bonds is 9. The Hall–Kier alpha value is -11.0. The van der Waals surface area contributed by atoms with Gasteiger partial charge in [-0.3, -0.25) is 0 Å². The molecule has 0 spiro atoms. The highest BCUT2D eigenvalue weighted by Crippen LogP contribution is 2.46. The van der Waals surface area contributed by atoms with Gasteiger partial charge in [0.15, 0.2) is 17.5 Å². The third-order valence-corrected chi connectivity index (χ3v) is 16.5. The van der Waals surface area contributed by atoms with E-state index in [4.69, 9.17) is 15.0 Å². The number of benzene rings is 12. The van der Waals surface area contributed by atoms with Crippen LogP contribution >= 0.6 is 0 Å². The molecule has 4 aromatic heterocycles. The minimum absolute atomic E-state index is 0.573. The van der Waals surface area contributed by atoms with Gasteiger partial charge >= 0.3 is 0 Å². The van der Waals surface area contributed by atoms with Gasteiger partial charge in [0.1, 0.15) is 0 Å². The van der Waals surface area contributed by atoms with Gasteiger partial charge in [0.2, 0.25) is 0 Å². The molecule has 0 radical (unpaired) electrons. The molecule has 0 N–H and O–H groups in total. The SMILES string of the molecule is Cc1cc(C)cc(-c2ccc3c(c2)c2ccccc2n3-c2c(-c3cccc(-n4c5ccccc5c5ccccc54)c3)cc(-c3nc(-c4ccccc4)nc(-c4ccccc4)n3)cc2-c2cccc(-n3c4ccccc4c4ccccc43)c2)c1. The summed E-state index contributed by atoms with van der Waals surface area (Å²) in [4.78, 5) is 16.0. The van der Waals surface area contributed by atoms with Crippen molar-refractivity contribution in [2.24, 2.45) is 0 Å². The normalized spacial score (nSPS) is 11.7. The van der Waals surface area contributed by atoms with Crippen molar-refractivity contribution in [1.29, 1.82) is 0 Å². The van der Waals surface area contributed by atoms with Crippen LogP contribution in [0.1, 0.15) is 11.1 Å². The first-order valence-electron chi connectivity index (χ1n) is 28.3. The van der Waals surface area contributed by atoms with E-state index in [2.05, 4.69) is 270 Å². The average Bonchev–Trinajstić information content (AvgIpc) is 3.95. The molecule has 0 amide bonds. The van der Waals surface area contributed by atoms with Crippen molar-refractivity contribution in [3.63, 3.8) is 0 Å². The highest BCUT2D eigenvalue weighted by Gasteiger charge is 2.25. The van der Waals surface area contributed by atoms with Crippen molar-refractivity contribution in [3.05, 3.63) is 290 Å². The lowest BCUT2D eigenvalue weighted by atomic mass is 9.92. The topological polar surface area (TPSA) is 53.5 Å². The molecule has 83 heavy (non-hydrogen) atoms. The molecule has 16 aromatic rings. The minimum atomic E-state index is 0.573. The van der Waals surface area contributed by atoms with Gasteiger partial charge in [-0.25, -0.2) is 15.0 Å². The maximum Gasteiger partial charge on any atom is 0.164 e. The van der Waals surface area contributed by atoms with E-state index in [1.807, 2.05) is 36.4 Å². The van der Waals surface area contributed by atoms with Crippen LogP contribution < -0.4 is 0 Å². The molecule has 0 saturated carbocycles. The summed E-state index contributed by atoms with van der Waals surface area (Å²) < 4.78 is 7.34. The number of hydrogen-bond donors (Lipinski definition) is 0. The van der Waals surface area contributed by atoms with Gasteiger partial charge in [-0.1, -0.05) is 211 Å². The predicted molar refractivity (Wildman–Crippen MR) is 345 cm³/mol. The van der Waals surface area contributed by atoms with Gasteiger partial charge in [0.25, 0.3) is 0 Å². The summed E-state index contributed by atoms with van der Waals surface area (Å²) in [5.41, 5.74) is 21.6. The fraction of sp³-hybridized carbons (Fsp3) is 0.0260. The summed E-state index contributed by atoms with van der Waals surface area (Å²) in [5.74, 6) is 1.78. The summed E-state index contributed by atoms with van der Waals surface area (Å²) in [6.07, 6.45) is 0. The molecule has 0 atom stereocenters. The monoisotopic (exact) mass is 1060 g/mol. The van der Waals surface area contributed by atoms with Crippen molar-refractivity contribution >= 4 is 65.4 Å². The summed E-state index contributed by atoms with van der Waals surface area (Å²) in [5, 5.41) is 7.20. The first-order chi connectivity index (χ1) is 41.0. The molecule has 16 rings (SSSR count). The lowest BCUT2D eigenvalue weighted by Crippen LogP contribution is -2.05. The van der Waals surface area contributed by atoms with E-state index in [1.165, 1.54) is 54.6 Å². The Balaban J connectivity index is 1.04. The van der Waals surface area contributed by atoms with Gasteiger partial charge in [0.05, 0.1) is 38.8 Å². The van der Waals surface area contributed by atoms with E-state index in [1.54, 1.807) is 0 Å². The summed E-state index contributed by atoms with van der Waals surface area (Å²) in [6.45, 7) is 4.37. The maximum absolute atomic E-state index is 5.43. The molecule has 390 valence electrons. The lowest BCUT2D eigenvalue weighted by molar-refractivity contribution is 1.07. The Labute approximate surface area is 480 Å². The zero-order chi connectivity index (χ0) is 55.1. The highest BCUT2D eigenvalue weighted by atomic mass is 15.0. The molecule has 4 heterocycles. The van der Waals surface area contributed by atoms with Crippen molar-refractivity contribution < 1.29 is 0 Å². The molecule has 0 aliphatic rings. The quantitative estimate of drug-likeness (QED) is 0.145. The van der Waals surface area contributed by atoms with E-state index in [-0.39, 0.29) is 0 Å². The molecule has 0 unspecified atom stereocenters. The maximum atomic E-state index is 5.43. The molecule has 0 bridgehead atoms. The second kappa shape index (κ2) is 19.4. The van der Waals surface area contributed by atoms with Gasteiger partial charge in [-0.15, -0.1) is 0 Å². The lowest BCUT2D eigenvalue weighted by Gasteiger charge is -2.22. The van der Waals surface area contributed by atoms with Crippen LogP contribution in [0.15, 0.2) is 279 Å². The van der Waals surface area contributed by atoms with Gasteiger partial charge < -0.3 is 13.7 Å². The summed E-state index contributed by atoms with van der Waals surface area (Å²) in [7, 11) is 0. The summed E-state index contributed by atoms with van der Waals surface area (Å²) >= 11 is 0. The van der Waals surface area contributed by atoms with Crippen LogP contribution in [0.3, 0.4) is 0 Å². The van der Waals surface area contributed by atoms with Crippen molar-refractivity contribution in [2.75, 3.05) is 0 Å². The second-order valence-corrected chi connectivity index (χ2v) is 21.8. The van der Waals surface area contributed by atoms with Crippen molar-refractivity contribution in [1.82, 2.24) is 28.7 Å². The number of fused-ring (bicyclic) bond motifs is 9.